The van der Waals surface area contributed by atoms with Gasteiger partial charge in [0, 0.05) is 6.54 Å². The number of nitrogens with two attached hydrogens (primary N) is 1. The Labute approximate surface area is 71.4 Å². The van der Waals surface area contributed by atoms with Crippen molar-refractivity contribution in [2.24, 2.45) is 5.73 Å². The third-order valence-electron chi connectivity index (χ3n) is 1.50. The standard InChI is InChI=1S/C7H6F4N2/c8-3-2-13-4(1-12)5(6(3)9)7(10)11/h2,7H,1,12H2. The molecule has 6 heteroatoms. The zero-order chi connectivity index (χ0) is 10.0. The van der Waals surface area contributed by atoms with E-state index < -0.39 is 23.6 Å². The van der Waals surface area contributed by atoms with E-state index in [0.717, 1.165) is 0 Å². The van der Waals surface area contributed by atoms with Crippen LogP contribution in [0.4, 0.5) is 17.6 Å². The fourth-order valence-corrected chi connectivity index (χ4v) is 0.901. The summed E-state index contributed by atoms with van der Waals surface area (Å²) in [5, 5.41) is 0. The molecular formula is C7H6F4N2. The summed E-state index contributed by atoms with van der Waals surface area (Å²) in [7, 11) is 0. The van der Waals surface area contributed by atoms with E-state index in [-0.39, 0.29) is 12.2 Å². The average Bonchev–Trinajstić information content (AvgIpc) is 2.08. The summed E-state index contributed by atoms with van der Waals surface area (Å²) in [6.45, 7) is -0.350. The predicted octanol–water partition coefficient (Wildman–Crippen LogP) is 1.76. The molecule has 72 valence electrons. The van der Waals surface area contributed by atoms with Crippen LogP contribution in [0.25, 0.3) is 0 Å². The van der Waals surface area contributed by atoms with Gasteiger partial charge in [-0.05, 0) is 0 Å². The molecule has 1 aromatic rings. The van der Waals surface area contributed by atoms with Crippen molar-refractivity contribution in [3.8, 4) is 0 Å². The highest BCUT2D eigenvalue weighted by Gasteiger charge is 2.21. The highest BCUT2D eigenvalue weighted by molar-refractivity contribution is 5.23. The second kappa shape index (κ2) is 3.69. The zero-order valence-electron chi connectivity index (χ0n) is 6.40. The fraction of sp³-hybridized carbons (Fsp3) is 0.286. The van der Waals surface area contributed by atoms with E-state index in [1.165, 1.54) is 0 Å². The molecule has 1 rings (SSSR count). The third kappa shape index (κ3) is 1.77. The molecule has 0 spiro atoms. The maximum absolute atomic E-state index is 12.7. The first-order valence-electron chi connectivity index (χ1n) is 3.39. The molecule has 0 fully saturated rings. The number of hydrogen-bond donors (Lipinski definition) is 1. The van der Waals surface area contributed by atoms with Gasteiger partial charge in [-0.3, -0.25) is 4.98 Å². The first kappa shape index (κ1) is 9.91. The molecule has 0 saturated heterocycles. The quantitative estimate of drug-likeness (QED) is 0.728. The van der Waals surface area contributed by atoms with Crippen molar-refractivity contribution < 1.29 is 17.6 Å². The van der Waals surface area contributed by atoms with Crippen LogP contribution in [0.5, 0.6) is 0 Å². The molecule has 0 aliphatic heterocycles. The smallest absolute Gasteiger partial charge is 0.268 e. The van der Waals surface area contributed by atoms with E-state index >= 15 is 0 Å². The maximum atomic E-state index is 12.7. The van der Waals surface area contributed by atoms with E-state index in [0.29, 0.717) is 6.20 Å². The number of alkyl halides is 2. The Hall–Kier alpha value is -1.17. The Morgan fingerprint density at radius 1 is 1.38 bits per heavy atom. The summed E-state index contributed by atoms with van der Waals surface area (Å²) in [4.78, 5) is 3.26. The lowest BCUT2D eigenvalue weighted by atomic mass is 10.2. The largest absolute Gasteiger partial charge is 0.325 e. The summed E-state index contributed by atoms with van der Waals surface area (Å²) < 4.78 is 49.5. The van der Waals surface area contributed by atoms with Crippen LogP contribution in [-0.2, 0) is 6.54 Å². The van der Waals surface area contributed by atoms with Crippen molar-refractivity contribution in [3.63, 3.8) is 0 Å². The van der Waals surface area contributed by atoms with Crippen molar-refractivity contribution in [2.45, 2.75) is 13.0 Å². The van der Waals surface area contributed by atoms with Crippen LogP contribution in [0, 0.1) is 11.6 Å². The van der Waals surface area contributed by atoms with E-state index in [4.69, 9.17) is 5.73 Å². The molecule has 1 aromatic heterocycles. The maximum Gasteiger partial charge on any atom is 0.268 e. The van der Waals surface area contributed by atoms with Crippen molar-refractivity contribution >= 4 is 0 Å². The van der Waals surface area contributed by atoms with Crippen LogP contribution in [0.2, 0.25) is 0 Å². The molecule has 0 aliphatic rings. The number of hydrogen-bond acceptors (Lipinski definition) is 2. The minimum absolute atomic E-state index is 0.325. The summed E-state index contributed by atoms with van der Waals surface area (Å²) in [6, 6.07) is 0. The van der Waals surface area contributed by atoms with Gasteiger partial charge in [-0.1, -0.05) is 0 Å². The highest BCUT2D eigenvalue weighted by atomic mass is 19.3. The van der Waals surface area contributed by atoms with Gasteiger partial charge >= 0.3 is 0 Å². The van der Waals surface area contributed by atoms with Crippen LogP contribution in [0.15, 0.2) is 6.20 Å². The molecule has 2 N–H and O–H groups in total. The second-order valence-electron chi connectivity index (χ2n) is 2.29. The first-order valence-corrected chi connectivity index (χ1v) is 3.39. The number of aromatic nitrogens is 1. The van der Waals surface area contributed by atoms with Gasteiger partial charge in [0.1, 0.15) is 0 Å². The van der Waals surface area contributed by atoms with Crippen LogP contribution < -0.4 is 5.73 Å². The minimum atomic E-state index is -3.11. The van der Waals surface area contributed by atoms with E-state index in [2.05, 4.69) is 4.98 Å². The molecule has 0 atom stereocenters. The molecule has 1 heterocycles. The van der Waals surface area contributed by atoms with Gasteiger partial charge in [0.25, 0.3) is 6.43 Å². The molecule has 0 aromatic carbocycles. The Morgan fingerprint density at radius 3 is 2.46 bits per heavy atom. The number of rotatable bonds is 2. The summed E-state index contributed by atoms with van der Waals surface area (Å²) in [5.74, 6) is -2.97. The monoisotopic (exact) mass is 194 g/mol. The van der Waals surface area contributed by atoms with Gasteiger partial charge in [-0.25, -0.2) is 17.6 Å². The lowest BCUT2D eigenvalue weighted by molar-refractivity contribution is 0.143. The molecule has 0 bridgehead atoms. The normalized spacial score (nSPS) is 10.9. The van der Waals surface area contributed by atoms with Gasteiger partial charge in [0.05, 0.1) is 17.5 Å². The number of pyridine rings is 1. The van der Waals surface area contributed by atoms with Crippen LogP contribution >= 0.6 is 0 Å². The van der Waals surface area contributed by atoms with Gasteiger partial charge in [0.2, 0.25) is 0 Å². The summed E-state index contributed by atoms with van der Waals surface area (Å²) >= 11 is 0. The molecule has 0 amide bonds. The van der Waals surface area contributed by atoms with Crippen LogP contribution in [0.3, 0.4) is 0 Å². The van der Waals surface area contributed by atoms with E-state index in [1.807, 2.05) is 0 Å². The second-order valence-corrected chi connectivity index (χ2v) is 2.29. The van der Waals surface area contributed by atoms with Crippen LogP contribution in [0.1, 0.15) is 17.7 Å². The minimum Gasteiger partial charge on any atom is -0.325 e. The third-order valence-corrected chi connectivity index (χ3v) is 1.50. The Balaban J connectivity index is 3.32. The SMILES string of the molecule is NCc1ncc(F)c(F)c1C(F)F. The van der Waals surface area contributed by atoms with Gasteiger partial charge in [-0.15, -0.1) is 0 Å². The van der Waals surface area contributed by atoms with E-state index in [1.54, 1.807) is 0 Å². The van der Waals surface area contributed by atoms with Crippen molar-refractivity contribution in [1.29, 1.82) is 0 Å². The summed E-state index contributed by atoms with van der Waals surface area (Å²) in [6.07, 6.45) is -2.58. The molecule has 0 radical (unpaired) electrons. The predicted molar refractivity (Wildman–Crippen MR) is 37.0 cm³/mol. The Bertz CT molecular complexity index is 314. The Morgan fingerprint density at radius 2 is 2.00 bits per heavy atom. The van der Waals surface area contributed by atoms with Crippen LogP contribution in [-0.4, -0.2) is 4.98 Å². The lowest BCUT2D eigenvalue weighted by Crippen LogP contribution is -2.09. The Kier molecular flexibility index (Phi) is 2.82. The van der Waals surface area contributed by atoms with E-state index in [9.17, 15) is 17.6 Å². The molecular weight excluding hydrogens is 188 g/mol. The molecule has 0 aliphatic carbocycles. The van der Waals surface area contributed by atoms with Crippen molar-refractivity contribution in [2.75, 3.05) is 0 Å². The molecule has 0 saturated carbocycles. The number of nitrogens with zero attached hydrogens (tertiary/aromatic N) is 1. The van der Waals surface area contributed by atoms with Gasteiger partial charge in [0.15, 0.2) is 11.6 Å². The van der Waals surface area contributed by atoms with Crippen molar-refractivity contribution in [3.05, 3.63) is 29.1 Å². The molecule has 0 unspecified atom stereocenters. The highest BCUT2D eigenvalue weighted by Crippen LogP contribution is 2.25. The fourth-order valence-electron chi connectivity index (χ4n) is 0.901. The summed E-state index contributed by atoms with van der Waals surface area (Å²) in [5.41, 5.74) is 3.64. The topological polar surface area (TPSA) is 38.9 Å². The molecule has 13 heavy (non-hydrogen) atoms. The lowest BCUT2D eigenvalue weighted by Gasteiger charge is -2.06. The zero-order valence-corrected chi connectivity index (χ0v) is 6.40. The molecule has 2 nitrogen and oxygen atoms in total. The van der Waals surface area contributed by atoms with Gasteiger partial charge < -0.3 is 5.73 Å². The first-order chi connectivity index (χ1) is 6.07. The van der Waals surface area contributed by atoms with Gasteiger partial charge in [-0.2, -0.15) is 0 Å². The number of halogens is 4. The van der Waals surface area contributed by atoms with Crippen molar-refractivity contribution in [1.82, 2.24) is 4.98 Å². The average molecular weight is 194 g/mol.